The number of nitrogens with zero attached hydrogens (tertiary/aromatic N) is 1. The zero-order valence-corrected chi connectivity index (χ0v) is 18.4. The van der Waals surface area contributed by atoms with Crippen LogP contribution in [0, 0.1) is 6.92 Å². The summed E-state index contributed by atoms with van der Waals surface area (Å²) in [6, 6.07) is 12.2. The van der Waals surface area contributed by atoms with Crippen molar-refractivity contribution in [3.63, 3.8) is 0 Å². The van der Waals surface area contributed by atoms with Gasteiger partial charge in [-0.15, -0.1) is 0 Å². The molecular formula is C18H23N3O8S2. The number of nitrogens with one attached hydrogen (secondary N) is 1. The van der Waals surface area contributed by atoms with E-state index in [1.807, 2.05) is 0 Å². The first-order valence-corrected chi connectivity index (χ1v) is 12.1. The molecule has 2 aromatic carbocycles. The van der Waals surface area contributed by atoms with Gasteiger partial charge in [0, 0.05) is 12.7 Å². The highest BCUT2D eigenvalue weighted by Crippen LogP contribution is 2.26. The van der Waals surface area contributed by atoms with Gasteiger partial charge in [0.25, 0.3) is 5.96 Å². The summed E-state index contributed by atoms with van der Waals surface area (Å²) in [6.45, 7) is 1.46. The predicted molar refractivity (Wildman–Crippen MR) is 111 cm³/mol. The predicted octanol–water partition coefficient (Wildman–Crippen LogP) is 1.12. The Hall–Kier alpha value is -2.87. The van der Waals surface area contributed by atoms with Crippen LogP contribution in [-0.4, -0.2) is 47.2 Å². The number of benzene rings is 2. The number of rotatable bonds is 10. The molecule has 1 unspecified atom stereocenters. The maximum absolute atomic E-state index is 12.9. The lowest BCUT2D eigenvalue weighted by molar-refractivity contribution is -0.0272. The van der Waals surface area contributed by atoms with E-state index in [2.05, 4.69) is 10.6 Å². The second-order valence-electron chi connectivity index (χ2n) is 6.36. The smallest absolute Gasteiger partial charge is 0.301 e. The summed E-state index contributed by atoms with van der Waals surface area (Å²) in [5.41, 5.74) is 7.86. The molecule has 31 heavy (non-hydrogen) atoms. The molecule has 0 saturated heterocycles. The molecule has 0 aliphatic rings. The average Bonchev–Trinajstić information content (AvgIpc) is 2.70. The molecule has 4 N–H and O–H groups in total. The Morgan fingerprint density at radius 3 is 2.42 bits per heavy atom. The van der Waals surface area contributed by atoms with Gasteiger partial charge in [-0.3, -0.25) is 4.84 Å². The number of sulfone groups is 1. The first-order valence-electron chi connectivity index (χ1n) is 8.84. The topological polar surface area (TPSA) is 167 Å². The van der Waals surface area contributed by atoms with Gasteiger partial charge in [0.1, 0.15) is 10.6 Å². The van der Waals surface area contributed by atoms with Crippen LogP contribution < -0.4 is 16.0 Å². The fourth-order valence-electron chi connectivity index (χ4n) is 2.39. The standard InChI is InChI=1S/C18H23N3O8S2/c1-13-8-9-15(30(2,23)24)16(12-13)31(25,26)29-17(10-11-27-21-18(19)20-22)28-14-6-4-3-5-7-14/h3-9,12,17,22H,10-11H2,1-2H3,(H3,19,20,21). The van der Waals surface area contributed by atoms with Gasteiger partial charge in [0.2, 0.25) is 6.29 Å². The molecule has 2 rings (SSSR count). The number of aryl methyl sites for hydroxylation is 1. The van der Waals surface area contributed by atoms with Crippen molar-refractivity contribution in [1.82, 2.24) is 5.48 Å². The molecule has 0 aromatic heterocycles. The van der Waals surface area contributed by atoms with Crippen molar-refractivity contribution in [1.29, 1.82) is 0 Å². The van der Waals surface area contributed by atoms with Crippen molar-refractivity contribution >= 4 is 25.9 Å². The second kappa shape index (κ2) is 10.4. The van der Waals surface area contributed by atoms with Crippen LogP contribution in [0.4, 0.5) is 0 Å². The number of guanidine groups is 1. The number of hydrogen-bond donors (Lipinski definition) is 3. The number of ether oxygens (including phenoxy) is 1. The first kappa shape index (κ1) is 24.4. The monoisotopic (exact) mass is 473 g/mol. The van der Waals surface area contributed by atoms with Crippen molar-refractivity contribution in [3.8, 4) is 5.75 Å². The number of hydrogen-bond acceptors (Lipinski definition) is 9. The van der Waals surface area contributed by atoms with E-state index >= 15 is 0 Å². The van der Waals surface area contributed by atoms with Gasteiger partial charge >= 0.3 is 10.1 Å². The van der Waals surface area contributed by atoms with Crippen molar-refractivity contribution in [3.05, 3.63) is 54.1 Å². The van der Waals surface area contributed by atoms with Gasteiger partial charge in [-0.2, -0.15) is 8.42 Å². The molecule has 2 aromatic rings. The van der Waals surface area contributed by atoms with E-state index in [0.29, 0.717) is 11.3 Å². The zero-order valence-electron chi connectivity index (χ0n) is 16.8. The molecular weight excluding hydrogens is 450 g/mol. The summed E-state index contributed by atoms with van der Waals surface area (Å²) in [5, 5.41) is 11.1. The minimum atomic E-state index is -4.54. The third-order valence-electron chi connectivity index (χ3n) is 3.75. The molecule has 0 amide bonds. The van der Waals surface area contributed by atoms with Crippen LogP contribution in [0.15, 0.2) is 63.5 Å². The highest BCUT2D eigenvalue weighted by atomic mass is 32.2. The van der Waals surface area contributed by atoms with Gasteiger partial charge < -0.3 is 15.7 Å². The summed E-state index contributed by atoms with van der Waals surface area (Å²) < 4.78 is 60.8. The maximum atomic E-state index is 12.9. The van der Waals surface area contributed by atoms with Gasteiger partial charge in [-0.1, -0.05) is 24.3 Å². The van der Waals surface area contributed by atoms with E-state index in [1.54, 1.807) is 37.3 Å². The van der Waals surface area contributed by atoms with E-state index in [-0.39, 0.29) is 17.9 Å². The summed E-state index contributed by atoms with van der Waals surface area (Å²) in [5.74, 6) is -0.0914. The van der Waals surface area contributed by atoms with Gasteiger partial charge in [-0.05, 0) is 41.9 Å². The van der Waals surface area contributed by atoms with Crippen LogP contribution in [0.3, 0.4) is 0 Å². The van der Waals surface area contributed by atoms with Gasteiger partial charge in [0.05, 0.1) is 11.5 Å². The van der Waals surface area contributed by atoms with Crippen LogP contribution in [0.2, 0.25) is 0 Å². The minimum Gasteiger partial charge on any atom is -0.464 e. The molecule has 11 nitrogen and oxygen atoms in total. The third-order valence-corrected chi connectivity index (χ3v) is 6.38. The summed E-state index contributed by atoms with van der Waals surface area (Å²) >= 11 is 0. The van der Waals surface area contributed by atoms with Crippen molar-refractivity contribution in [2.24, 2.45) is 10.9 Å². The van der Waals surface area contributed by atoms with Crippen LogP contribution in [0.5, 0.6) is 5.75 Å². The number of para-hydroxylation sites is 1. The Morgan fingerprint density at radius 2 is 1.81 bits per heavy atom. The highest BCUT2D eigenvalue weighted by Gasteiger charge is 2.29. The van der Waals surface area contributed by atoms with E-state index in [9.17, 15) is 16.8 Å². The van der Waals surface area contributed by atoms with E-state index in [0.717, 1.165) is 6.26 Å². The largest absolute Gasteiger partial charge is 0.464 e. The number of oxime groups is 1. The molecule has 1 atom stereocenters. The Kier molecular flexibility index (Phi) is 8.21. The molecule has 0 heterocycles. The highest BCUT2D eigenvalue weighted by molar-refractivity contribution is 7.92. The van der Waals surface area contributed by atoms with Gasteiger partial charge in [0.15, 0.2) is 9.84 Å². The van der Waals surface area contributed by atoms with E-state index in [1.165, 1.54) is 18.2 Å². The summed E-state index contributed by atoms with van der Waals surface area (Å²) in [7, 11) is -8.39. The third kappa shape index (κ3) is 7.40. The first-order chi connectivity index (χ1) is 14.5. The molecule has 0 radical (unpaired) electrons. The molecule has 0 bridgehead atoms. The normalized spacial score (nSPS) is 13.5. The summed E-state index contributed by atoms with van der Waals surface area (Å²) in [4.78, 5) is 4.07. The summed E-state index contributed by atoms with van der Waals surface area (Å²) in [6.07, 6.45) is -0.574. The maximum Gasteiger partial charge on any atom is 0.301 e. The molecule has 0 saturated carbocycles. The van der Waals surface area contributed by atoms with Gasteiger partial charge in [-0.25, -0.2) is 18.1 Å². The fraction of sp³-hybridized carbons (Fsp3) is 0.278. The Labute approximate surface area is 180 Å². The van der Waals surface area contributed by atoms with Crippen LogP contribution in [0.25, 0.3) is 0 Å². The molecule has 170 valence electrons. The molecule has 0 spiro atoms. The van der Waals surface area contributed by atoms with Crippen LogP contribution in [-0.2, 0) is 29.0 Å². The minimum absolute atomic E-state index is 0.111. The van der Waals surface area contributed by atoms with E-state index in [4.69, 9.17) is 24.7 Å². The van der Waals surface area contributed by atoms with Crippen molar-refractivity contribution < 1.29 is 35.8 Å². The molecule has 13 heteroatoms. The lowest BCUT2D eigenvalue weighted by Crippen LogP contribution is -2.33. The van der Waals surface area contributed by atoms with E-state index < -0.39 is 37.1 Å². The quantitative estimate of drug-likeness (QED) is 0.0865. The lowest BCUT2D eigenvalue weighted by Gasteiger charge is -2.20. The fourth-order valence-corrected chi connectivity index (χ4v) is 5.05. The number of hydroxylamine groups is 1. The van der Waals surface area contributed by atoms with Crippen LogP contribution >= 0.6 is 0 Å². The Morgan fingerprint density at radius 1 is 1.13 bits per heavy atom. The Balaban J connectivity index is 2.28. The molecule has 0 aliphatic carbocycles. The molecule has 0 aliphatic heterocycles. The molecule has 0 fully saturated rings. The number of nitrogens with two attached hydrogens (primary N) is 1. The zero-order chi connectivity index (χ0) is 23.1. The SMILES string of the molecule is Cc1ccc(S(C)(=O)=O)c(S(=O)(=O)OC(CCONC(N)=NO)Oc2ccccc2)c1. The lowest BCUT2D eigenvalue weighted by atomic mass is 10.2. The van der Waals surface area contributed by atoms with Crippen molar-refractivity contribution in [2.45, 2.75) is 29.4 Å². The van der Waals surface area contributed by atoms with Crippen molar-refractivity contribution in [2.75, 3.05) is 12.9 Å². The average molecular weight is 474 g/mol. The Bertz CT molecular complexity index is 1120. The second-order valence-corrected chi connectivity index (χ2v) is 9.88. The van der Waals surface area contributed by atoms with Crippen LogP contribution in [0.1, 0.15) is 12.0 Å².